The number of fused-ring (bicyclic) bond motifs is 1. The van der Waals surface area contributed by atoms with Crippen molar-refractivity contribution in [2.24, 2.45) is 5.92 Å². The van der Waals surface area contributed by atoms with Gasteiger partial charge in [0.05, 0.1) is 35.2 Å². The predicted molar refractivity (Wildman–Crippen MR) is 127 cm³/mol. The van der Waals surface area contributed by atoms with Crippen LogP contribution in [0.25, 0.3) is 10.9 Å². The highest BCUT2D eigenvalue weighted by Crippen LogP contribution is 2.20. The van der Waals surface area contributed by atoms with Crippen LogP contribution in [0, 0.1) is 5.92 Å². The minimum absolute atomic E-state index is 0.000466. The first kappa shape index (κ1) is 25.9. The molecule has 2 N–H and O–H groups in total. The number of thiol groups is 1. The van der Waals surface area contributed by atoms with E-state index >= 15 is 0 Å². The maximum Gasteiger partial charge on any atom is 0.317 e. The van der Waals surface area contributed by atoms with E-state index in [4.69, 9.17) is 4.74 Å². The van der Waals surface area contributed by atoms with Gasteiger partial charge in [0.2, 0.25) is 11.8 Å². The number of ether oxygens (including phenoxy) is 1. The molecular formula is C21H28N4O5S2. The molecule has 0 spiro atoms. The lowest BCUT2D eigenvalue weighted by molar-refractivity contribution is -0.135. The van der Waals surface area contributed by atoms with Gasteiger partial charge in [-0.2, -0.15) is 17.6 Å². The SMILES string of the molecule is CC(O)COc1ncc2cc(CSCC(=O)NC(S)[C@@H](C)C(=O)N(C)CC=O)ccc2n1. The lowest BCUT2D eigenvalue weighted by Gasteiger charge is -2.24. The summed E-state index contributed by atoms with van der Waals surface area (Å²) in [5.74, 6) is -0.230. The summed E-state index contributed by atoms with van der Waals surface area (Å²) in [5.41, 5.74) is 1.74. The first-order valence-corrected chi connectivity index (χ1v) is 11.7. The summed E-state index contributed by atoms with van der Waals surface area (Å²) in [6.45, 7) is 3.40. The summed E-state index contributed by atoms with van der Waals surface area (Å²) in [4.78, 5) is 44.7. The Kier molecular flexibility index (Phi) is 10.2. The third kappa shape index (κ3) is 7.95. The van der Waals surface area contributed by atoms with Crippen LogP contribution in [0.2, 0.25) is 0 Å². The van der Waals surface area contributed by atoms with E-state index in [1.54, 1.807) is 20.0 Å². The van der Waals surface area contributed by atoms with Gasteiger partial charge in [0, 0.05) is 24.4 Å². The van der Waals surface area contributed by atoms with Crippen LogP contribution < -0.4 is 10.1 Å². The number of thioether (sulfide) groups is 1. The summed E-state index contributed by atoms with van der Waals surface area (Å²) < 4.78 is 5.32. The van der Waals surface area contributed by atoms with E-state index in [1.165, 1.54) is 23.7 Å². The first-order chi connectivity index (χ1) is 15.2. The number of hydrogen-bond acceptors (Lipinski definition) is 9. The van der Waals surface area contributed by atoms with Gasteiger partial charge in [-0.15, -0.1) is 11.8 Å². The molecule has 174 valence electrons. The number of aromatic nitrogens is 2. The minimum atomic E-state index is -0.646. The van der Waals surface area contributed by atoms with Gasteiger partial charge in [0.15, 0.2) is 0 Å². The van der Waals surface area contributed by atoms with E-state index in [0.29, 0.717) is 12.0 Å². The van der Waals surface area contributed by atoms with Gasteiger partial charge < -0.3 is 24.9 Å². The van der Waals surface area contributed by atoms with Crippen LogP contribution in [-0.2, 0) is 20.1 Å². The van der Waals surface area contributed by atoms with Gasteiger partial charge in [-0.05, 0) is 24.6 Å². The lowest BCUT2D eigenvalue weighted by Crippen LogP contribution is -2.44. The lowest BCUT2D eigenvalue weighted by atomic mass is 10.1. The average Bonchev–Trinajstić information content (AvgIpc) is 2.76. The zero-order chi connectivity index (χ0) is 23.7. The Morgan fingerprint density at radius 1 is 1.38 bits per heavy atom. The molecule has 1 aromatic heterocycles. The molecule has 1 aromatic carbocycles. The van der Waals surface area contributed by atoms with Gasteiger partial charge in [0.25, 0.3) is 0 Å². The molecule has 0 saturated heterocycles. The number of benzene rings is 1. The van der Waals surface area contributed by atoms with E-state index in [1.807, 2.05) is 18.2 Å². The van der Waals surface area contributed by atoms with Crippen molar-refractivity contribution in [3.63, 3.8) is 0 Å². The highest BCUT2D eigenvalue weighted by molar-refractivity contribution is 7.99. The molecule has 2 amide bonds. The van der Waals surface area contributed by atoms with Gasteiger partial charge in [-0.1, -0.05) is 13.0 Å². The predicted octanol–water partition coefficient (Wildman–Crippen LogP) is 1.29. The van der Waals surface area contributed by atoms with Crippen molar-refractivity contribution in [1.29, 1.82) is 0 Å². The van der Waals surface area contributed by atoms with Crippen molar-refractivity contribution >= 4 is 53.4 Å². The molecule has 2 unspecified atom stereocenters. The molecule has 0 bridgehead atoms. The molecule has 0 aliphatic carbocycles. The van der Waals surface area contributed by atoms with Gasteiger partial charge in [-0.25, -0.2) is 4.98 Å². The van der Waals surface area contributed by atoms with Gasteiger partial charge in [-0.3, -0.25) is 9.59 Å². The fraction of sp³-hybridized carbons (Fsp3) is 0.476. The molecule has 1 heterocycles. The van der Waals surface area contributed by atoms with Crippen LogP contribution in [0.4, 0.5) is 0 Å². The highest BCUT2D eigenvalue weighted by atomic mass is 32.2. The summed E-state index contributed by atoms with van der Waals surface area (Å²) >= 11 is 5.75. The summed E-state index contributed by atoms with van der Waals surface area (Å²) in [6.07, 6.45) is 1.71. The van der Waals surface area contributed by atoms with Crippen molar-refractivity contribution in [3.05, 3.63) is 30.0 Å². The molecular weight excluding hydrogens is 452 g/mol. The Morgan fingerprint density at radius 3 is 2.81 bits per heavy atom. The van der Waals surface area contributed by atoms with Gasteiger partial charge >= 0.3 is 6.01 Å². The average molecular weight is 481 g/mol. The number of amides is 2. The largest absolute Gasteiger partial charge is 0.461 e. The number of carbonyl (C=O) groups excluding carboxylic acids is 3. The van der Waals surface area contributed by atoms with Crippen molar-refractivity contribution in [2.45, 2.75) is 31.1 Å². The van der Waals surface area contributed by atoms with E-state index in [-0.39, 0.29) is 36.7 Å². The minimum Gasteiger partial charge on any atom is -0.461 e. The summed E-state index contributed by atoms with van der Waals surface area (Å²) in [7, 11) is 1.53. The number of rotatable bonds is 12. The van der Waals surface area contributed by atoms with Crippen LogP contribution in [0.5, 0.6) is 6.01 Å². The van der Waals surface area contributed by atoms with Crippen molar-refractivity contribution < 1.29 is 24.2 Å². The second kappa shape index (κ2) is 12.6. The molecule has 11 heteroatoms. The number of aliphatic hydroxyl groups excluding tert-OH is 1. The molecule has 2 rings (SSSR count). The quantitative estimate of drug-likeness (QED) is 0.236. The van der Waals surface area contributed by atoms with Crippen molar-refractivity contribution in [3.8, 4) is 6.01 Å². The number of likely N-dealkylation sites (N-methyl/N-ethyl adjacent to an activating group) is 1. The summed E-state index contributed by atoms with van der Waals surface area (Å²) in [6, 6.07) is 5.94. The molecule has 0 fully saturated rings. The standard InChI is InChI=1S/C21H28N4O5S2/c1-13(27)10-30-21-22-9-16-8-15(4-5-17(16)23-21)11-32-12-18(28)24-19(31)14(2)20(29)25(3)6-7-26/h4-5,7-9,13-14,19,27,31H,6,10-12H2,1-3H3,(H,24,28)/t13?,14-,19?/m1/s1. The van der Waals surface area contributed by atoms with E-state index in [0.717, 1.165) is 16.5 Å². The molecule has 0 aliphatic heterocycles. The maximum absolute atomic E-state index is 12.2. The highest BCUT2D eigenvalue weighted by Gasteiger charge is 2.25. The molecule has 0 aliphatic rings. The number of nitrogens with one attached hydrogen (secondary N) is 1. The second-order valence-electron chi connectivity index (χ2n) is 7.39. The number of aliphatic hydroxyl groups is 1. The van der Waals surface area contributed by atoms with Crippen LogP contribution in [0.15, 0.2) is 24.4 Å². The zero-order valence-corrected chi connectivity index (χ0v) is 19.9. The fourth-order valence-corrected chi connectivity index (χ4v) is 3.76. The second-order valence-corrected chi connectivity index (χ2v) is 8.93. The Labute approximate surface area is 196 Å². The molecule has 0 radical (unpaired) electrons. The number of carbonyl (C=O) groups is 3. The van der Waals surface area contributed by atoms with Crippen LogP contribution in [0.3, 0.4) is 0 Å². The smallest absolute Gasteiger partial charge is 0.317 e. The molecule has 9 nitrogen and oxygen atoms in total. The summed E-state index contributed by atoms with van der Waals surface area (Å²) in [5, 5.41) is 12.2. The Bertz CT molecular complexity index is 944. The molecule has 32 heavy (non-hydrogen) atoms. The van der Waals surface area contributed by atoms with Crippen LogP contribution in [-0.4, -0.2) is 75.5 Å². The number of aldehydes is 1. The normalized spacial score (nSPS) is 13.8. The Morgan fingerprint density at radius 2 is 2.12 bits per heavy atom. The number of hydrogen-bond donors (Lipinski definition) is 3. The van der Waals surface area contributed by atoms with E-state index in [2.05, 4.69) is 27.9 Å². The third-order valence-corrected chi connectivity index (χ3v) is 6.05. The molecule has 0 saturated carbocycles. The third-order valence-electron chi connectivity index (χ3n) is 4.47. The van der Waals surface area contributed by atoms with Gasteiger partial charge in [0.1, 0.15) is 12.9 Å². The topological polar surface area (TPSA) is 122 Å². The maximum atomic E-state index is 12.2. The Hall–Kier alpha value is -2.37. The van der Waals surface area contributed by atoms with Crippen LogP contribution in [0.1, 0.15) is 19.4 Å². The van der Waals surface area contributed by atoms with Crippen molar-refractivity contribution in [1.82, 2.24) is 20.2 Å². The molecule has 2 aromatic rings. The van der Waals surface area contributed by atoms with Crippen LogP contribution >= 0.6 is 24.4 Å². The monoisotopic (exact) mass is 480 g/mol. The van der Waals surface area contributed by atoms with E-state index in [9.17, 15) is 19.5 Å². The fourth-order valence-electron chi connectivity index (χ4n) is 2.70. The molecule has 3 atom stereocenters. The van der Waals surface area contributed by atoms with E-state index < -0.39 is 17.4 Å². The zero-order valence-electron chi connectivity index (χ0n) is 18.2. The van der Waals surface area contributed by atoms with Crippen molar-refractivity contribution in [2.75, 3.05) is 26.0 Å². The number of nitrogens with zero attached hydrogens (tertiary/aromatic N) is 3. The first-order valence-electron chi connectivity index (χ1n) is 10.0. The Balaban J connectivity index is 1.83.